The molecule has 2 heterocycles. The van der Waals surface area contributed by atoms with Crippen LogP contribution < -0.4 is 5.73 Å². The lowest BCUT2D eigenvalue weighted by molar-refractivity contribution is -0.151. The van der Waals surface area contributed by atoms with E-state index in [1.165, 1.54) is 13.5 Å². The van der Waals surface area contributed by atoms with E-state index >= 15 is 0 Å². The monoisotopic (exact) mass is 358 g/mol. The van der Waals surface area contributed by atoms with E-state index in [9.17, 15) is 9.59 Å². The molecule has 2 aliphatic heterocycles. The summed E-state index contributed by atoms with van der Waals surface area (Å²) < 4.78 is 4.91. The van der Waals surface area contributed by atoms with Crippen LogP contribution in [0.1, 0.15) is 38.5 Å². The second kappa shape index (κ2) is 7.23. The van der Waals surface area contributed by atoms with E-state index in [1.807, 2.05) is 23.5 Å². The number of hydrogen-bond donors (Lipinski definition) is 1. The lowest BCUT2D eigenvalue weighted by Gasteiger charge is -2.32. The standard InChI is InChI=1S/C16H26N2O3S2/c1-21-15(20)12-9-16(22-7-8-23-16)10-18(12)14(19)13(17)11-5-3-2-4-6-11/h11-13H,2-10,17H2,1H3. The fourth-order valence-electron chi connectivity index (χ4n) is 4.01. The third-order valence-corrected chi connectivity index (χ3v) is 8.73. The molecule has 0 bridgehead atoms. The molecule has 23 heavy (non-hydrogen) atoms. The van der Waals surface area contributed by atoms with Crippen molar-refractivity contribution in [2.24, 2.45) is 11.7 Å². The SMILES string of the molecule is COC(=O)C1CC2(CN1C(=O)C(N)C1CCCCC1)SCCS2. The van der Waals surface area contributed by atoms with Crippen LogP contribution in [0.3, 0.4) is 0 Å². The number of thioether (sulfide) groups is 2. The van der Waals surface area contributed by atoms with Crippen molar-refractivity contribution in [2.75, 3.05) is 25.2 Å². The average Bonchev–Trinajstić information content (AvgIpc) is 3.21. The maximum atomic E-state index is 13.0. The molecule has 2 saturated heterocycles. The van der Waals surface area contributed by atoms with E-state index < -0.39 is 12.1 Å². The Kier molecular flexibility index (Phi) is 5.48. The number of hydrogen-bond acceptors (Lipinski definition) is 6. The summed E-state index contributed by atoms with van der Waals surface area (Å²) in [6.07, 6.45) is 6.28. The summed E-state index contributed by atoms with van der Waals surface area (Å²) in [5, 5.41) is 0. The van der Waals surface area contributed by atoms with Crippen LogP contribution in [0.2, 0.25) is 0 Å². The Morgan fingerprint density at radius 3 is 2.48 bits per heavy atom. The van der Waals surface area contributed by atoms with Crippen molar-refractivity contribution < 1.29 is 14.3 Å². The first-order valence-corrected chi connectivity index (χ1v) is 10.5. The van der Waals surface area contributed by atoms with Gasteiger partial charge in [0.05, 0.1) is 17.2 Å². The van der Waals surface area contributed by atoms with Crippen LogP contribution in [-0.4, -0.2) is 58.1 Å². The summed E-state index contributed by atoms with van der Waals surface area (Å²) in [4.78, 5) is 26.9. The molecule has 7 heteroatoms. The highest BCUT2D eigenvalue weighted by molar-refractivity contribution is 8.21. The van der Waals surface area contributed by atoms with Gasteiger partial charge in [-0.1, -0.05) is 19.3 Å². The van der Waals surface area contributed by atoms with Crippen molar-refractivity contribution in [2.45, 2.75) is 54.7 Å². The topological polar surface area (TPSA) is 72.6 Å². The third-order valence-electron chi connectivity index (χ3n) is 5.30. The van der Waals surface area contributed by atoms with Crippen molar-refractivity contribution >= 4 is 35.4 Å². The maximum Gasteiger partial charge on any atom is 0.328 e. The zero-order valence-corrected chi connectivity index (χ0v) is 15.3. The lowest BCUT2D eigenvalue weighted by atomic mass is 9.83. The number of rotatable bonds is 3. The van der Waals surface area contributed by atoms with Gasteiger partial charge in [0, 0.05) is 24.5 Å². The van der Waals surface area contributed by atoms with Crippen molar-refractivity contribution in [3.63, 3.8) is 0 Å². The van der Waals surface area contributed by atoms with Crippen LogP contribution >= 0.6 is 23.5 Å². The molecule has 3 rings (SSSR count). The Hall–Kier alpha value is -0.400. The predicted octanol–water partition coefficient (Wildman–Crippen LogP) is 1.84. The largest absolute Gasteiger partial charge is 0.467 e. The summed E-state index contributed by atoms with van der Waals surface area (Å²) in [7, 11) is 1.39. The number of ether oxygens (including phenoxy) is 1. The second-order valence-electron chi connectivity index (χ2n) is 6.74. The van der Waals surface area contributed by atoms with Gasteiger partial charge in [-0.3, -0.25) is 4.79 Å². The first-order valence-electron chi connectivity index (χ1n) is 8.48. The predicted molar refractivity (Wildman–Crippen MR) is 94.3 cm³/mol. The van der Waals surface area contributed by atoms with E-state index in [-0.39, 0.29) is 21.9 Å². The molecule has 2 atom stereocenters. The molecule has 0 radical (unpaired) electrons. The first-order chi connectivity index (χ1) is 11.1. The van der Waals surface area contributed by atoms with Gasteiger partial charge in [0.1, 0.15) is 6.04 Å². The van der Waals surface area contributed by atoms with E-state index in [4.69, 9.17) is 10.5 Å². The molecule has 2 N–H and O–H groups in total. The highest BCUT2D eigenvalue weighted by Crippen LogP contribution is 2.52. The molecular formula is C16H26N2O3S2. The molecule has 1 aliphatic carbocycles. The van der Waals surface area contributed by atoms with Gasteiger partial charge in [-0.15, -0.1) is 23.5 Å². The summed E-state index contributed by atoms with van der Waals surface area (Å²) in [6.45, 7) is 0.612. The maximum absolute atomic E-state index is 13.0. The summed E-state index contributed by atoms with van der Waals surface area (Å²) in [5.41, 5.74) is 6.31. The number of carbonyl (C=O) groups is 2. The Balaban J connectivity index is 1.74. The summed E-state index contributed by atoms with van der Waals surface area (Å²) in [5.74, 6) is 2.05. The van der Waals surface area contributed by atoms with Crippen LogP contribution in [0.4, 0.5) is 0 Å². The fourth-order valence-corrected chi connectivity index (χ4v) is 7.27. The molecule has 1 saturated carbocycles. The summed E-state index contributed by atoms with van der Waals surface area (Å²) in [6, 6.07) is -0.950. The molecule has 2 unspecified atom stereocenters. The van der Waals surface area contributed by atoms with Gasteiger partial charge >= 0.3 is 5.97 Å². The molecule has 3 aliphatic rings. The molecule has 1 amide bonds. The molecule has 0 aromatic carbocycles. The van der Waals surface area contributed by atoms with Gasteiger partial charge in [0.2, 0.25) is 5.91 Å². The van der Waals surface area contributed by atoms with Crippen molar-refractivity contribution in [1.82, 2.24) is 4.90 Å². The minimum atomic E-state index is -0.478. The van der Waals surface area contributed by atoms with Gasteiger partial charge in [-0.2, -0.15) is 0 Å². The quantitative estimate of drug-likeness (QED) is 0.776. The Bertz CT molecular complexity index is 462. The Labute approximate surface area is 146 Å². The van der Waals surface area contributed by atoms with Crippen LogP contribution in [-0.2, 0) is 14.3 Å². The minimum absolute atomic E-state index is 0.0409. The van der Waals surface area contributed by atoms with Crippen molar-refractivity contribution in [3.05, 3.63) is 0 Å². The van der Waals surface area contributed by atoms with Crippen LogP contribution in [0.15, 0.2) is 0 Å². The van der Waals surface area contributed by atoms with E-state index in [0.29, 0.717) is 13.0 Å². The Morgan fingerprint density at radius 1 is 1.22 bits per heavy atom. The number of carbonyl (C=O) groups excluding carboxylic acids is 2. The normalized spacial score (nSPS) is 29.0. The highest BCUT2D eigenvalue weighted by atomic mass is 32.2. The fraction of sp³-hybridized carbons (Fsp3) is 0.875. The first kappa shape index (κ1) is 17.4. The number of nitrogens with zero attached hydrogens (tertiary/aromatic N) is 1. The van der Waals surface area contributed by atoms with Gasteiger partial charge in [-0.05, 0) is 18.8 Å². The molecule has 5 nitrogen and oxygen atoms in total. The van der Waals surface area contributed by atoms with Crippen LogP contribution in [0.25, 0.3) is 0 Å². The molecule has 1 spiro atoms. The van der Waals surface area contributed by atoms with Crippen LogP contribution in [0, 0.1) is 5.92 Å². The van der Waals surface area contributed by atoms with E-state index in [0.717, 1.165) is 37.2 Å². The van der Waals surface area contributed by atoms with Crippen LogP contribution in [0.5, 0.6) is 0 Å². The number of nitrogens with two attached hydrogens (primary N) is 1. The zero-order valence-electron chi connectivity index (χ0n) is 13.7. The number of amides is 1. The van der Waals surface area contributed by atoms with Gasteiger partial charge in [0.15, 0.2) is 0 Å². The molecular weight excluding hydrogens is 332 g/mol. The lowest BCUT2D eigenvalue weighted by Crippen LogP contribution is -2.52. The number of methoxy groups -OCH3 is 1. The van der Waals surface area contributed by atoms with E-state index in [2.05, 4.69) is 0 Å². The minimum Gasteiger partial charge on any atom is -0.467 e. The highest BCUT2D eigenvalue weighted by Gasteiger charge is 2.52. The van der Waals surface area contributed by atoms with Gasteiger partial charge < -0.3 is 15.4 Å². The van der Waals surface area contributed by atoms with Crippen molar-refractivity contribution in [3.8, 4) is 0 Å². The van der Waals surface area contributed by atoms with Gasteiger partial charge in [-0.25, -0.2) is 4.79 Å². The smallest absolute Gasteiger partial charge is 0.328 e. The average molecular weight is 359 g/mol. The number of likely N-dealkylation sites (tertiary alicyclic amines) is 1. The molecule has 130 valence electrons. The Morgan fingerprint density at radius 2 is 1.87 bits per heavy atom. The van der Waals surface area contributed by atoms with Gasteiger partial charge in [0.25, 0.3) is 0 Å². The molecule has 3 fully saturated rings. The third kappa shape index (κ3) is 3.51. The van der Waals surface area contributed by atoms with Crippen molar-refractivity contribution in [1.29, 1.82) is 0 Å². The molecule has 0 aromatic rings. The second-order valence-corrected chi connectivity index (χ2v) is 9.96. The zero-order chi connectivity index (χ0) is 16.4. The summed E-state index contributed by atoms with van der Waals surface area (Å²) >= 11 is 3.75. The molecule has 0 aromatic heterocycles. The number of esters is 1. The van der Waals surface area contributed by atoms with E-state index in [1.54, 1.807) is 4.90 Å².